The molecule has 138 valence electrons. The molecular weight excluding hydrogens is 338 g/mol. The largest absolute Gasteiger partial charge is 0.340 e. The number of nitrogens with zero attached hydrogens (tertiary/aromatic N) is 2. The Balaban J connectivity index is 1.63. The minimum Gasteiger partial charge on any atom is -0.340 e. The van der Waals surface area contributed by atoms with Crippen LogP contribution in [0.15, 0.2) is 29.2 Å². The molecule has 0 atom stereocenters. The van der Waals surface area contributed by atoms with Crippen LogP contribution in [-0.2, 0) is 21.2 Å². The molecule has 0 saturated carbocycles. The first kappa shape index (κ1) is 18.4. The standard InChI is InChI=1S/C18H27N3O3S/c1-15(22)20-10-12-21(13-11-20)25(23,24)18-4-2-16(3-5-18)14-17-6-8-19-9-7-17/h2-5,17,19H,6-14H2,1H3. The highest BCUT2D eigenvalue weighted by atomic mass is 32.2. The molecule has 2 aliphatic heterocycles. The molecule has 2 heterocycles. The van der Waals surface area contributed by atoms with Crippen molar-refractivity contribution < 1.29 is 13.2 Å². The highest BCUT2D eigenvalue weighted by Crippen LogP contribution is 2.22. The summed E-state index contributed by atoms with van der Waals surface area (Å²) in [5.41, 5.74) is 1.20. The number of hydrogen-bond acceptors (Lipinski definition) is 4. The van der Waals surface area contributed by atoms with Gasteiger partial charge in [-0.1, -0.05) is 12.1 Å². The van der Waals surface area contributed by atoms with Crippen LogP contribution >= 0.6 is 0 Å². The lowest BCUT2D eigenvalue weighted by Crippen LogP contribution is -2.49. The molecule has 0 spiro atoms. The molecule has 25 heavy (non-hydrogen) atoms. The van der Waals surface area contributed by atoms with Crippen molar-refractivity contribution in [1.82, 2.24) is 14.5 Å². The van der Waals surface area contributed by atoms with Crippen molar-refractivity contribution in [1.29, 1.82) is 0 Å². The molecule has 0 aromatic heterocycles. The van der Waals surface area contributed by atoms with E-state index in [0.29, 0.717) is 37.0 Å². The number of hydrogen-bond donors (Lipinski definition) is 1. The highest BCUT2D eigenvalue weighted by Gasteiger charge is 2.29. The van der Waals surface area contributed by atoms with Gasteiger partial charge in [-0.25, -0.2) is 8.42 Å². The van der Waals surface area contributed by atoms with Crippen molar-refractivity contribution in [2.75, 3.05) is 39.3 Å². The quantitative estimate of drug-likeness (QED) is 0.867. The minimum atomic E-state index is -3.48. The topological polar surface area (TPSA) is 69.7 Å². The SMILES string of the molecule is CC(=O)N1CCN(S(=O)(=O)c2ccc(CC3CCNCC3)cc2)CC1. The molecule has 0 radical (unpaired) electrons. The van der Waals surface area contributed by atoms with E-state index in [1.165, 1.54) is 29.6 Å². The van der Waals surface area contributed by atoms with Gasteiger partial charge in [0.1, 0.15) is 0 Å². The Morgan fingerprint density at radius 1 is 1.08 bits per heavy atom. The zero-order valence-electron chi connectivity index (χ0n) is 14.8. The summed E-state index contributed by atoms with van der Waals surface area (Å²) in [5, 5.41) is 3.37. The first-order valence-corrected chi connectivity index (χ1v) is 10.5. The number of amides is 1. The van der Waals surface area contributed by atoms with Crippen molar-refractivity contribution in [3.63, 3.8) is 0 Å². The number of sulfonamides is 1. The molecule has 1 amide bonds. The third-order valence-electron chi connectivity index (χ3n) is 5.23. The van der Waals surface area contributed by atoms with Gasteiger partial charge >= 0.3 is 0 Å². The zero-order chi connectivity index (χ0) is 17.9. The summed E-state index contributed by atoms with van der Waals surface area (Å²) < 4.78 is 27.0. The van der Waals surface area contributed by atoms with Crippen LogP contribution in [0.4, 0.5) is 0 Å². The van der Waals surface area contributed by atoms with Crippen LogP contribution in [0.1, 0.15) is 25.3 Å². The maximum atomic E-state index is 12.8. The molecule has 2 aliphatic rings. The second-order valence-corrected chi connectivity index (χ2v) is 8.89. The maximum Gasteiger partial charge on any atom is 0.243 e. The van der Waals surface area contributed by atoms with Gasteiger partial charge in [0.05, 0.1) is 4.90 Å². The fraction of sp³-hybridized carbons (Fsp3) is 0.611. The zero-order valence-corrected chi connectivity index (χ0v) is 15.6. The van der Waals surface area contributed by atoms with Crippen LogP contribution in [0.2, 0.25) is 0 Å². The van der Waals surface area contributed by atoms with E-state index in [0.717, 1.165) is 19.5 Å². The molecule has 0 aliphatic carbocycles. The summed E-state index contributed by atoms with van der Waals surface area (Å²) in [6, 6.07) is 7.34. The predicted molar refractivity (Wildman–Crippen MR) is 96.8 cm³/mol. The predicted octanol–water partition coefficient (Wildman–Crippen LogP) is 1.08. The van der Waals surface area contributed by atoms with E-state index in [1.807, 2.05) is 12.1 Å². The monoisotopic (exact) mass is 365 g/mol. The molecule has 2 fully saturated rings. The molecule has 1 N–H and O–H groups in total. The summed E-state index contributed by atoms with van der Waals surface area (Å²) >= 11 is 0. The summed E-state index contributed by atoms with van der Waals surface area (Å²) in [7, 11) is -3.48. The molecule has 1 aromatic rings. The van der Waals surface area contributed by atoms with E-state index >= 15 is 0 Å². The van der Waals surface area contributed by atoms with Gasteiger partial charge in [0.25, 0.3) is 0 Å². The number of rotatable bonds is 4. The molecule has 6 nitrogen and oxygen atoms in total. The van der Waals surface area contributed by atoms with Gasteiger partial charge in [-0.05, 0) is 56.0 Å². The van der Waals surface area contributed by atoms with Crippen LogP contribution < -0.4 is 5.32 Å². The Labute approximate surface area is 150 Å². The number of carbonyl (C=O) groups is 1. The summed E-state index contributed by atoms with van der Waals surface area (Å²) in [6.45, 7) is 5.31. The van der Waals surface area contributed by atoms with Crippen LogP contribution in [0.3, 0.4) is 0 Å². The van der Waals surface area contributed by atoms with Gasteiger partial charge in [-0.3, -0.25) is 4.79 Å². The lowest BCUT2D eigenvalue weighted by Gasteiger charge is -2.33. The molecule has 3 rings (SSSR count). The number of piperazine rings is 1. The second kappa shape index (κ2) is 7.85. The molecule has 7 heteroatoms. The average molecular weight is 365 g/mol. The highest BCUT2D eigenvalue weighted by molar-refractivity contribution is 7.89. The Morgan fingerprint density at radius 2 is 1.68 bits per heavy atom. The smallest absolute Gasteiger partial charge is 0.243 e. The van der Waals surface area contributed by atoms with Gasteiger partial charge < -0.3 is 10.2 Å². The van der Waals surface area contributed by atoms with E-state index in [1.54, 1.807) is 17.0 Å². The van der Waals surface area contributed by atoms with Crippen LogP contribution in [0.5, 0.6) is 0 Å². The molecule has 0 unspecified atom stereocenters. The summed E-state index contributed by atoms with van der Waals surface area (Å²) in [5.74, 6) is 0.683. The van der Waals surface area contributed by atoms with Crippen molar-refractivity contribution in [3.05, 3.63) is 29.8 Å². The Kier molecular flexibility index (Phi) is 5.76. The fourth-order valence-corrected chi connectivity index (χ4v) is 5.03. The van der Waals surface area contributed by atoms with Gasteiger partial charge in [-0.15, -0.1) is 0 Å². The molecule has 1 aromatic carbocycles. The average Bonchev–Trinajstić information content (AvgIpc) is 2.63. The van der Waals surface area contributed by atoms with Gasteiger partial charge in [0.2, 0.25) is 15.9 Å². The third-order valence-corrected chi connectivity index (χ3v) is 7.14. The third kappa shape index (κ3) is 4.40. The Hall–Kier alpha value is -1.44. The van der Waals surface area contributed by atoms with Crippen LogP contribution in [-0.4, -0.2) is 62.8 Å². The lowest BCUT2D eigenvalue weighted by atomic mass is 9.91. The van der Waals surface area contributed by atoms with E-state index in [-0.39, 0.29) is 5.91 Å². The number of nitrogens with one attached hydrogen (secondary N) is 1. The Morgan fingerprint density at radius 3 is 2.24 bits per heavy atom. The van der Waals surface area contributed by atoms with E-state index < -0.39 is 10.0 Å². The van der Waals surface area contributed by atoms with Crippen molar-refractivity contribution in [3.8, 4) is 0 Å². The number of piperidine rings is 1. The first-order valence-electron chi connectivity index (χ1n) is 9.02. The van der Waals surface area contributed by atoms with Crippen molar-refractivity contribution in [2.24, 2.45) is 5.92 Å². The maximum absolute atomic E-state index is 12.8. The molecule has 2 saturated heterocycles. The van der Waals surface area contributed by atoms with Gasteiger partial charge in [-0.2, -0.15) is 4.31 Å². The summed E-state index contributed by atoms with van der Waals surface area (Å²) in [6.07, 6.45) is 3.38. The van der Waals surface area contributed by atoms with Gasteiger partial charge in [0.15, 0.2) is 0 Å². The molecule has 0 bridgehead atoms. The van der Waals surface area contributed by atoms with Crippen LogP contribution in [0.25, 0.3) is 0 Å². The fourth-order valence-electron chi connectivity index (χ4n) is 3.61. The van der Waals surface area contributed by atoms with Crippen molar-refractivity contribution in [2.45, 2.75) is 31.1 Å². The van der Waals surface area contributed by atoms with E-state index in [2.05, 4.69) is 5.32 Å². The number of benzene rings is 1. The second-order valence-electron chi connectivity index (χ2n) is 6.95. The Bertz CT molecular complexity index is 689. The van der Waals surface area contributed by atoms with Gasteiger partial charge in [0, 0.05) is 33.1 Å². The molecular formula is C18H27N3O3S. The van der Waals surface area contributed by atoms with Crippen molar-refractivity contribution >= 4 is 15.9 Å². The summed E-state index contributed by atoms with van der Waals surface area (Å²) in [4.78, 5) is 13.4. The van der Waals surface area contributed by atoms with E-state index in [9.17, 15) is 13.2 Å². The van der Waals surface area contributed by atoms with E-state index in [4.69, 9.17) is 0 Å². The first-order chi connectivity index (χ1) is 12.0. The van der Waals surface area contributed by atoms with Crippen LogP contribution in [0, 0.1) is 5.92 Å². The number of carbonyl (C=O) groups excluding carboxylic acids is 1. The minimum absolute atomic E-state index is 0.000636. The normalized spacial score (nSPS) is 20.6. The lowest BCUT2D eigenvalue weighted by molar-refractivity contribution is -0.129.